The first-order valence-corrected chi connectivity index (χ1v) is 5.06. The van der Waals surface area contributed by atoms with Crippen molar-refractivity contribution in [1.82, 2.24) is 5.32 Å². The van der Waals surface area contributed by atoms with E-state index in [1.807, 2.05) is 0 Å². The molecule has 5 heteroatoms. The van der Waals surface area contributed by atoms with Crippen molar-refractivity contribution < 1.29 is 19.1 Å². The molecule has 4 unspecified atom stereocenters. The lowest BCUT2D eigenvalue weighted by Crippen LogP contribution is -2.50. The van der Waals surface area contributed by atoms with E-state index in [-0.39, 0.29) is 24.0 Å². The van der Waals surface area contributed by atoms with E-state index >= 15 is 0 Å². The van der Waals surface area contributed by atoms with Crippen LogP contribution >= 0.6 is 0 Å². The predicted octanol–water partition coefficient (Wildman–Crippen LogP) is -0.506. The molecule has 2 fully saturated rings. The van der Waals surface area contributed by atoms with Gasteiger partial charge in [-0.2, -0.15) is 0 Å². The van der Waals surface area contributed by atoms with Crippen LogP contribution < -0.4 is 5.32 Å². The van der Waals surface area contributed by atoms with Gasteiger partial charge in [-0.25, -0.2) is 0 Å². The Hall–Kier alpha value is -0.940. The summed E-state index contributed by atoms with van der Waals surface area (Å²) in [6, 6.07) is -0.0537. The fourth-order valence-electron chi connectivity index (χ4n) is 2.54. The molecule has 2 aliphatic heterocycles. The van der Waals surface area contributed by atoms with Crippen LogP contribution in [0, 0.1) is 5.92 Å². The monoisotopic (exact) mass is 213 g/mol. The number of piperidine rings is 1. The van der Waals surface area contributed by atoms with Gasteiger partial charge >= 0.3 is 5.97 Å². The van der Waals surface area contributed by atoms with E-state index in [0.717, 1.165) is 0 Å². The summed E-state index contributed by atoms with van der Waals surface area (Å²) in [5.41, 5.74) is 0. The van der Waals surface area contributed by atoms with Gasteiger partial charge in [0.05, 0.1) is 13.2 Å². The second-order valence-corrected chi connectivity index (χ2v) is 4.06. The lowest BCUT2D eigenvalue weighted by atomic mass is 9.91. The number of ketones is 1. The summed E-state index contributed by atoms with van der Waals surface area (Å²) in [5.74, 6) is -1.12. The summed E-state index contributed by atoms with van der Waals surface area (Å²) in [7, 11) is 2.94. The zero-order valence-corrected chi connectivity index (χ0v) is 8.86. The maximum Gasteiger partial charge on any atom is 0.317 e. The average Bonchev–Trinajstić information content (AvgIpc) is 2.55. The second-order valence-electron chi connectivity index (χ2n) is 4.06. The van der Waals surface area contributed by atoms with Crippen LogP contribution in [0.25, 0.3) is 0 Å². The van der Waals surface area contributed by atoms with Crippen molar-refractivity contribution in [3.63, 3.8) is 0 Å². The van der Waals surface area contributed by atoms with E-state index in [4.69, 9.17) is 4.74 Å². The van der Waals surface area contributed by atoms with Gasteiger partial charge in [0, 0.05) is 25.6 Å². The molecule has 2 heterocycles. The first-order chi connectivity index (χ1) is 7.17. The van der Waals surface area contributed by atoms with Gasteiger partial charge in [0.1, 0.15) is 11.7 Å². The third-order valence-electron chi connectivity index (χ3n) is 3.29. The molecule has 2 saturated heterocycles. The predicted molar refractivity (Wildman–Crippen MR) is 51.3 cm³/mol. The Morgan fingerprint density at radius 2 is 2.13 bits per heavy atom. The molecule has 15 heavy (non-hydrogen) atoms. The van der Waals surface area contributed by atoms with Crippen LogP contribution in [0.15, 0.2) is 0 Å². The number of ether oxygens (including phenoxy) is 2. The largest absolute Gasteiger partial charge is 0.468 e. The molecule has 0 aromatic heterocycles. The van der Waals surface area contributed by atoms with E-state index in [1.165, 1.54) is 7.11 Å². The minimum absolute atomic E-state index is 0.0323. The molecule has 4 atom stereocenters. The zero-order chi connectivity index (χ0) is 11.0. The molecular weight excluding hydrogens is 198 g/mol. The third-order valence-corrected chi connectivity index (χ3v) is 3.29. The third kappa shape index (κ3) is 1.66. The minimum atomic E-state index is -0.647. The molecule has 0 spiro atoms. The number of Topliss-reactive ketones (excluding diaryl/α,β-unsaturated/α-hetero) is 1. The van der Waals surface area contributed by atoms with E-state index < -0.39 is 11.9 Å². The summed E-state index contributed by atoms with van der Waals surface area (Å²) < 4.78 is 9.91. The number of carbonyl (C=O) groups excluding carboxylic acids is 2. The van der Waals surface area contributed by atoms with Crippen LogP contribution in [0.1, 0.15) is 12.8 Å². The number of rotatable bonds is 2. The normalized spacial score (nSPS) is 39.2. The molecular formula is C10H15NO4. The fourth-order valence-corrected chi connectivity index (χ4v) is 2.54. The lowest BCUT2D eigenvalue weighted by Gasteiger charge is -2.26. The van der Waals surface area contributed by atoms with Gasteiger partial charge in [-0.15, -0.1) is 0 Å². The quantitative estimate of drug-likeness (QED) is 0.494. The highest BCUT2D eigenvalue weighted by Crippen LogP contribution is 2.31. The second kappa shape index (κ2) is 3.90. The molecule has 0 radical (unpaired) electrons. The van der Waals surface area contributed by atoms with Gasteiger partial charge in [0.2, 0.25) is 0 Å². The summed E-state index contributed by atoms with van der Waals surface area (Å²) >= 11 is 0. The Labute approximate surface area is 88.1 Å². The molecule has 0 aromatic carbocycles. The van der Waals surface area contributed by atoms with Gasteiger partial charge in [0.15, 0.2) is 0 Å². The van der Waals surface area contributed by atoms with Gasteiger partial charge < -0.3 is 14.8 Å². The average molecular weight is 213 g/mol. The van der Waals surface area contributed by atoms with Gasteiger partial charge in [-0.05, 0) is 6.42 Å². The Morgan fingerprint density at radius 3 is 2.73 bits per heavy atom. The van der Waals surface area contributed by atoms with Crippen LogP contribution in [0.4, 0.5) is 0 Å². The lowest BCUT2D eigenvalue weighted by molar-refractivity contribution is -0.151. The summed E-state index contributed by atoms with van der Waals surface area (Å²) in [6.45, 7) is 0. The topological polar surface area (TPSA) is 64.6 Å². The number of methoxy groups -OCH3 is 2. The van der Waals surface area contributed by atoms with Crippen LogP contribution in [0.2, 0.25) is 0 Å². The van der Waals surface area contributed by atoms with Crippen molar-refractivity contribution in [1.29, 1.82) is 0 Å². The Morgan fingerprint density at radius 1 is 1.40 bits per heavy atom. The molecule has 0 aliphatic carbocycles. The van der Waals surface area contributed by atoms with Crippen LogP contribution in [-0.2, 0) is 19.1 Å². The molecule has 2 bridgehead atoms. The van der Waals surface area contributed by atoms with Crippen molar-refractivity contribution in [2.75, 3.05) is 14.2 Å². The molecule has 2 rings (SSSR count). The first kappa shape index (κ1) is 10.6. The van der Waals surface area contributed by atoms with Crippen molar-refractivity contribution in [2.45, 2.75) is 31.0 Å². The zero-order valence-electron chi connectivity index (χ0n) is 8.86. The summed E-state index contributed by atoms with van der Waals surface area (Å²) in [6.07, 6.45) is 1.09. The van der Waals surface area contributed by atoms with Crippen LogP contribution in [0.5, 0.6) is 0 Å². The van der Waals surface area contributed by atoms with E-state index in [0.29, 0.717) is 12.8 Å². The van der Waals surface area contributed by atoms with Gasteiger partial charge in [0.25, 0.3) is 0 Å². The number of esters is 1. The Bertz CT molecular complexity index is 291. The highest BCUT2D eigenvalue weighted by Gasteiger charge is 2.49. The number of hydrogen-bond donors (Lipinski definition) is 1. The van der Waals surface area contributed by atoms with Crippen molar-refractivity contribution in [3.05, 3.63) is 0 Å². The molecule has 5 nitrogen and oxygen atoms in total. The molecule has 0 aromatic rings. The Balaban J connectivity index is 2.15. The highest BCUT2D eigenvalue weighted by atomic mass is 16.5. The SMILES string of the molecule is COC(=O)C1C(=O)CC2NC1CC2OC. The standard InChI is InChI=1S/C10H15NO4/c1-14-8-4-6-9(10(13)15-2)7(12)3-5(8)11-6/h5-6,8-9,11H,3-4H2,1-2H3. The van der Waals surface area contributed by atoms with Crippen molar-refractivity contribution >= 4 is 11.8 Å². The minimum Gasteiger partial charge on any atom is -0.468 e. The number of hydrogen-bond acceptors (Lipinski definition) is 5. The maximum atomic E-state index is 11.7. The van der Waals surface area contributed by atoms with E-state index in [1.54, 1.807) is 7.11 Å². The van der Waals surface area contributed by atoms with Crippen molar-refractivity contribution in [3.8, 4) is 0 Å². The summed E-state index contributed by atoms with van der Waals surface area (Å²) in [4.78, 5) is 23.2. The van der Waals surface area contributed by atoms with Crippen molar-refractivity contribution in [2.24, 2.45) is 5.92 Å². The summed E-state index contributed by atoms with van der Waals surface area (Å²) in [5, 5.41) is 3.24. The first-order valence-electron chi connectivity index (χ1n) is 5.06. The number of nitrogens with one attached hydrogen (secondary N) is 1. The van der Waals surface area contributed by atoms with Gasteiger partial charge in [-0.3, -0.25) is 9.59 Å². The van der Waals surface area contributed by atoms with Gasteiger partial charge in [-0.1, -0.05) is 0 Å². The molecule has 2 aliphatic rings. The fraction of sp³-hybridized carbons (Fsp3) is 0.800. The van der Waals surface area contributed by atoms with E-state index in [2.05, 4.69) is 10.1 Å². The Kier molecular flexibility index (Phi) is 2.75. The van der Waals surface area contributed by atoms with Crippen LogP contribution in [-0.4, -0.2) is 44.2 Å². The van der Waals surface area contributed by atoms with E-state index in [9.17, 15) is 9.59 Å². The smallest absolute Gasteiger partial charge is 0.317 e. The molecule has 0 amide bonds. The number of fused-ring (bicyclic) bond motifs is 2. The molecule has 0 saturated carbocycles. The highest BCUT2D eigenvalue weighted by molar-refractivity contribution is 6.01. The van der Waals surface area contributed by atoms with Crippen LogP contribution in [0.3, 0.4) is 0 Å². The molecule has 1 N–H and O–H groups in total. The number of carbonyl (C=O) groups is 2. The molecule has 84 valence electrons. The maximum absolute atomic E-state index is 11.7.